The molecule has 2 aromatic carbocycles. The molecule has 0 amide bonds. The summed E-state index contributed by atoms with van der Waals surface area (Å²) in [5, 5.41) is 6.17. The predicted molar refractivity (Wildman–Crippen MR) is 92.8 cm³/mol. The fraction of sp³-hybridized carbons (Fsp3) is 0.222. The minimum Gasteiger partial charge on any atom is -0.267 e. The quantitative estimate of drug-likeness (QED) is 0.694. The minimum absolute atomic E-state index is 0.0449. The molecule has 0 spiro atoms. The Morgan fingerprint density at radius 2 is 1.82 bits per heavy atom. The predicted octanol–water partition coefficient (Wildman–Crippen LogP) is 3.55. The summed E-state index contributed by atoms with van der Waals surface area (Å²) in [6, 6.07) is 14.4. The van der Waals surface area contributed by atoms with Crippen molar-refractivity contribution in [3.05, 3.63) is 69.6 Å². The van der Waals surface area contributed by atoms with Gasteiger partial charge in [-0.05, 0) is 43.0 Å². The van der Waals surface area contributed by atoms with E-state index in [2.05, 4.69) is 41.7 Å². The van der Waals surface area contributed by atoms with Crippen LogP contribution in [0.1, 0.15) is 16.8 Å². The highest BCUT2D eigenvalue weighted by Gasteiger charge is 2.10. The SMILES string of the molecule is CSc1ccc(Cc2nn(C)c(=O)c3ccc(C)cc23)cc1. The van der Waals surface area contributed by atoms with Gasteiger partial charge in [0.25, 0.3) is 5.56 Å². The van der Waals surface area contributed by atoms with Crippen molar-refractivity contribution in [2.75, 3.05) is 6.26 Å². The molecule has 3 nitrogen and oxygen atoms in total. The topological polar surface area (TPSA) is 34.9 Å². The second kappa shape index (κ2) is 5.97. The number of nitrogens with zero attached hydrogens (tertiary/aromatic N) is 2. The van der Waals surface area contributed by atoms with Crippen molar-refractivity contribution in [2.45, 2.75) is 18.2 Å². The number of hydrogen-bond acceptors (Lipinski definition) is 3. The third-order valence-electron chi connectivity index (χ3n) is 3.81. The average molecular weight is 310 g/mol. The molecule has 0 saturated heterocycles. The second-order valence-corrected chi connectivity index (χ2v) is 6.33. The molecule has 3 rings (SSSR count). The molecular formula is C18H18N2OS. The number of aryl methyl sites for hydroxylation is 2. The van der Waals surface area contributed by atoms with Crippen molar-refractivity contribution in [2.24, 2.45) is 7.05 Å². The number of benzene rings is 2. The Balaban J connectivity index is 2.11. The van der Waals surface area contributed by atoms with Gasteiger partial charge in [-0.3, -0.25) is 4.79 Å². The molecule has 0 unspecified atom stereocenters. The van der Waals surface area contributed by atoms with Crippen LogP contribution in [-0.2, 0) is 13.5 Å². The van der Waals surface area contributed by atoms with Crippen LogP contribution in [-0.4, -0.2) is 16.0 Å². The lowest BCUT2D eigenvalue weighted by molar-refractivity contribution is 0.697. The summed E-state index contributed by atoms with van der Waals surface area (Å²) in [6.45, 7) is 2.04. The van der Waals surface area contributed by atoms with Gasteiger partial charge in [0.1, 0.15) is 0 Å². The third-order valence-corrected chi connectivity index (χ3v) is 4.56. The van der Waals surface area contributed by atoms with Crippen LogP contribution in [0.5, 0.6) is 0 Å². The molecule has 0 aliphatic carbocycles. The Bertz CT molecular complexity index is 882. The minimum atomic E-state index is -0.0449. The van der Waals surface area contributed by atoms with E-state index < -0.39 is 0 Å². The van der Waals surface area contributed by atoms with E-state index in [-0.39, 0.29) is 5.56 Å². The fourth-order valence-electron chi connectivity index (χ4n) is 2.61. The van der Waals surface area contributed by atoms with E-state index in [0.717, 1.165) is 28.5 Å². The average Bonchev–Trinajstić information content (AvgIpc) is 2.53. The number of fused-ring (bicyclic) bond motifs is 1. The molecule has 22 heavy (non-hydrogen) atoms. The third kappa shape index (κ3) is 2.79. The van der Waals surface area contributed by atoms with E-state index in [4.69, 9.17) is 0 Å². The Morgan fingerprint density at radius 1 is 1.09 bits per heavy atom. The van der Waals surface area contributed by atoms with Gasteiger partial charge >= 0.3 is 0 Å². The maximum absolute atomic E-state index is 12.2. The molecule has 0 saturated carbocycles. The van der Waals surface area contributed by atoms with Crippen LogP contribution in [0.15, 0.2) is 52.2 Å². The Kier molecular flexibility index (Phi) is 4.03. The van der Waals surface area contributed by atoms with Crippen molar-refractivity contribution in [3.63, 3.8) is 0 Å². The van der Waals surface area contributed by atoms with Gasteiger partial charge in [-0.15, -0.1) is 11.8 Å². The summed E-state index contributed by atoms with van der Waals surface area (Å²) in [4.78, 5) is 13.5. The normalized spacial score (nSPS) is 11.0. The first kappa shape index (κ1) is 14.9. The van der Waals surface area contributed by atoms with Crippen LogP contribution in [0.25, 0.3) is 10.8 Å². The summed E-state index contributed by atoms with van der Waals surface area (Å²) in [5.41, 5.74) is 3.24. The Morgan fingerprint density at radius 3 is 2.50 bits per heavy atom. The van der Waals surface area contributed by atoms with Crippen molar-refractivity contribution in [1.29, 1.82) is 0 Å². The van der Waals surface area contributed by atoms with Gasteiger partial charge in [0.15, 0.2) is 0 Å². The second-order valence-electron chi connectivity index (χ2n) is 5.45. The van der Waals surface area contributed by atoms with Crippen molar-refractivity contribution >= 4 is 22.5 Å². The van der Waals surface area contributed by atoms with Crippen molar-refractivity contribution in [1.82, 2.24) is 9.78 Å². The zero-order chi connectivity index (χ0) is 15.7. The van der Waals surface area contributed by atoms with Gasteiger partial charge in [-0.25, -0.2) is 4.68 Å². The lowest BCUT2D eigenvalue weighted by atomic mass is 10.0. The lowest BCUT2D eigenvalue weighted by Crippen LogP contribution is -2.21. The van der Waals surface area contributed by atoms with Gasteiger partial charge in [0.05, 0.1) is 11.1 Å². The van der Waals surface area contributed by atoms with Gasteiger partial charge in [-0.2, -0.15) is 5.10 Å². The molecular weight excluding hydrogens is 292 g/mol. The van der Waals surface area contributed by atoms with Gasteiger partial charge < -0.3 is 0 Å². The highest BCUT2D eigenvalue weighted by atomic mass is 32.2. The van der Waals surface area contributed by atoms with E-state index in [1.54, 1.807) is 18.8 Å². The van der Waals surface area contributed by atoms with Crippen LogP contribution in [0, 0.1) is 6.92 Å². The molecule has 0 fully saturated rings. The zero-order valence-electron chi connectivity index (χ0n) is 13.0. The van der Waals surface area contributed by atoms with E-state index in [9.17, 15) is 4.79 Å². The largest absolute Gasteiger partial charge is 0.274 e. The zero-order valence-corrected chi connectivity index (χ0v) is 13.8. The van der Waals surface area contributed by atoms with Gasteiger partial charge in [0, 0.05) is 23.8 Å². The van der Waals surface area contributed by atoms with Gasteiger partial charge in [-0.1, -0.05) is 23.8 Å². The van der Waals surface area contributed by atoms with E-state index in [1.165, 1.54) is 15.1 Å². The number of thioether (sulfide) groups is 1. The van der Waals surface area contributed by atoms with E-state index in [1.807, 2.05) is 19.1 Å². The summed E-state index contributed by atoms with van der Waals surface area (Å²) < 4.78 is 1.43. The first-order valence-corrected chi connectivity index (χ1v) is 8.40. The van der Waals surface area contributed by atoms with Crippen LogP contribution in [0.4, 0.5) is 0 Å². The molecule has 1 aromatic heterocycles. The van der Waals surface area contributed by atoms with Crippen LogP contribution in [0.3, 0.4) is 0 Å². The molecule has 0 bridgehead atoms. The molecule has 4 heteroatoms. The summed E-state index contributed by atoms with van der Waals surface area (Å²) in [6.07, 6.45) is 2.79. The first-order chi connectivity index (χ1) is 10.6. The van der Waals surface area contributed by atoms with Crippen LogP contribution >= 0.6 is 11.8 Å². The fourth-order valence-corrected chi connectivity index (χ4v) is 3.01. The Labute approximate surface area is 134 Å². The molecule has 0 atom stereocenters. The lowest BCUT2D eigenvalue weighted by Gasteiger charge is -2.09. The van der Waals surface area contributed by atoms with E-state index in [0.29, 0.717) is 0 Å². The monoisotopic (exact) mass is 310 g/mol. The first-order valence-electron chi connectivity index (χ1n) is 7.18. The molecule has 0 radical (unpaired) electrons. The molecule has 0 N–H and O–H groups in total. The molecule has 1 heterocycles. The highest BCUT2D eigenvalue weighted by molar-refractivity contribution is 7.98. The Hall–Kier alpha value is -2.07. The van der Waals surface area contributed by atoms with Crippen LogP contribution in [0.2, 0.25) is 0 Å². The number of hydrogen-bond donors (Lipinski definition) is 0. The summed E-state index contributed by atoms with van der Waals surface area (Å²) in [5.74, 6) is 0. The smallest absolute Gasteiger partial charge is 0.267 e. The number of aromatic nitrogens is 2. The molecule has 0 aliphatic rings. The maximum atomic E-state index is 12.2. The van der Waals surface area contributed by atoms with Gasteiger partial charge in [0.2, 0.25) is 0 Å². The molecule has 0 aliphatic heterocycles. The summed E-state index contributed by atoms with van der Waals surface area (Å²) >= 11 is 1.73. The van der Waals surface area contributed by atoms with Crippen LogP contribution < -0.4 is 5.56 Å². The maximum Gasteiger partial charge on any atom is 0.274 e. The standard InChI is InChI=1S/C18H18N2OS/c1-12-4-9-15-16(10-12)17(19-20(2)18(15)21)11-13-5-7-14(22-3)8-6-13/h4-10H,11H2,1-3H3. The van der Waals surface area contributed by atoms with Crippen molar-refractivity contribution < 1.29 is 0 Å². The highest BCUT2D eigenvalue weighted by Crippen LogP contribution is 2.20. The van der Waals surface area contributed by atoms with E-state index >= 15 is 0 Å². The molecule has 3 aromatic rings. The molecule has 112 valence electrons. The number of rotatable bonds is 3. The summed E-state index contributed by atoms with van der Waals surface area (Å²) in [7, 11) is 1.71. The van der Waals surface area contributed by atoms with Crippen molar-refractivity contribution in [3.8, 4) is 0 Å².